The van der Waals surface area contributed by atoms with Gasteiger partial charge in [0.1, 0.15) is 6.04 Å². The van der Waals surface area contributed by atoms with E-state index in [-0.39, 0.29) is 18.9 Å². The Balaban J connectivity index is 1.62. The quantitative estimate of drug-likeness (QED) is 0.587. The summed E-state index contributed by atoms with van der Waals surface area (Å²) in [5.41, 5.74) is 2.02. The van der Waals surface area contributed by atoms with Gasteiger partial charge in [-0.05, 0) is 18.1 Å². The summed E-state index contributed by atoms with van der Waals surface area (Å²) in [6.45, 7) is 1.46. The summed E-state index contributed by atoms with van der Waals surface area (Å²) in [7, 11) is 0. The van der Waals surface area contributed by atoms with E-state index in [0.29, 0.717) is 13.0 Å². The van der Waals surface area contributed by atoms with Crippen LogP contribution in [0, 0.1) is 0 Å². The average Bonchev–Trinajstić information content (AvgIpc) is 2.86. The van der Waals surface area contributed by atoms with E-state index in [4.69, 9.17) is 5.11 Å². The molecule has 2 heterocycles. The molecule has 3 N–H and O–H groups in total. The lowest BCUT2D eigenvalue weighted by molar-refractivity contribution is -0.145. The Hall–Kier alpha value is -2.94. The SMILES string of the molecule is C[C@H](O)[C@@H](NC(=O)CCN1C(=O)[C@@H]2Cc3ccccc3CN2C1=O)C(=O)O. The molecule has 4 amide bonds. The number of carbonyl (C=O) groups is 4. The summed E-state index contributed by atoms with van der Waals surface area (Å²) in [4.78, 5) is 50.7. The van der Waals surface area contributed by atoms with E-state index in [0.717, 1.165) is 16.0 Å². The molecule has 1 fully saturated rings. The first kappa shape index (κ1) is 18.8. The molecule has 1 aromatic rings. The van der Waals surface area contributed by atoms with Gasteiger partial charge >= 0.3 is 12.0 Å². The van der Waals surface area contributed by atoms with Gasteiger partial charge in [0.2, 0.25) is 5.91 Å². The van der Waals surface area contributed by atoms with Gasteiger partial charge in [-0.3, -0.25) is 14.5 Å². The zero-order valence-corrected chi connectivity index (χ0v) is 14.8. The second-order valence-electron chi connectivity index (χ2n) is 6.76. The molecule has 3 rings (SSSR count). The van der Waals surface area contributed by atoms with Gasteiger partial charge in [-0.1, -0.05) is 24.3 Å². The number of carbonyl (C=O) groups excluding carboxylic acids is 3. The van der Waals surface area contributed by atoms with E-state index in [1.54, 1.807) is 0 Å². The number of imide groups is 1. The van der Waals surface area contributed by atoms with Crippen LogP contribution in [-0.4, -0.2) is 68.6 Å². The monoisotopic (exact) mass is 375 g/mol. The number of benzene rings is 1. The first-order chi connectivity index (χ1) is 12.8. The molecule has 0 unspecified atom stereocenters. The highest BCUT2D eigenvalue weighted by molar-refractivity contribution is 6.05. The second kappa shape index (κ2) is 7.36. The maximum atomic E-state index is 12.6. The number of fused-ring (bicyclic) bond motifs is 2. The summed E-state index contributed by atoms with van der Waals surface area (Å²) in [5.74, 6) is -2.37. The number of rotatable bonds is 6. The molecule has 3 atom stereocenters. The number of hydrogen-bond acceptors (Lipinski definition) is 5. The minimum Gasteiger partial charge on any atom is -0.480 e. The zero-order valence-electron chi connectivity index (χ0n) is 14.8. The van der Waals surface area contributed by atoms with Gasteiger partial charge in [-0.25, -0.2) is 9.59 Å². The molecular formula is C18H21N3O6. The smallest absolute Gasteiger partial charge is 0.328 e. The Morgan fingerprint density at radius 3 is 2.56 bits per heavy atom. The van der Waals surface area contributed by atoms with Gasteiger partial charge in [0.05, 0.1) is 6.10 Å². The van der Waals surface area contributed by atoms with Crippen LogP contribution in [0.5, 0.6) is 0 Å². The number of amides is 4. The maximum Gasteiger partial charge on any atom is 0.328 e. The van der Waals surface area contributed by atoms with E-state index < -0.39 is 36.1 Å². The predicted octanol–water partition coefficient (Wildman–Crippen LogP) is -0.284. The summed E-state index contributed by atoms with van der Waals surface area (Å²) >= 11 is 0. The molecule has 0 spiro atoms. The Kier molecular flexibility index (Phi) is 5.13. The fraction of sp³-hybridized carbons (Fsp3) is 0.444. The number of carboxylic acids is 1. The highest BCUT2D eigenvalue weighted by Gasteiger charge is 2.46. The number of nitrogens with one attached hydrogen (secondary N) is 1. The minimum atomic E-state index is -1.44. The number of aliphatic carboxylic acids is 1. The van der Waals surface area contributed by atoms with Crippen LogP contribution in [0.4, 0.5) is 4.79 Å². The Morgan fingerprint density at radius 2 is 1.93 bits per heavy atom. The lowest BCUT2D eigenvalue weighted by Crippen LogP contribution is -2.48. The fourth-order valence-electron chi connectivity index (χ4n) is 3.43. The topological polar surface area (TPSA) is 127 Å². The minimum absolute atomic E-state index is 0.140. The summed E-state index contributed by atoms with van der Waals surface area (Å²) in [5, 5.41) is 20.6. The molecule has 1 aromatic carbocycles. The molecule has 9 nitrogen and oxygen atoms in total. The van der Waals surface area contributed by atoms with Crippen LogP contribution < -0.4 is 5.32 Å². The number of nitrogens with zero attached hydrogens (tertiary/aromatic N) is 2. The van der Waals surface area contributed by atoms with Crippen molar-refractivity contribution in [1.29, 1.82) is 0 Å². The van der Waals surface area contributed by atoms with Crippen molar-refractivity contribution in [2.45, 2.75) is 44.5 Å². The summed E-state index contributed by atoms with van der Waals surface area (Å²) in [6, 6.07) is 5.16. The Morgan fingerprint density at radius 1 is 1.26 bits per heavy atom. The van der Waals surface area contributed by atoms with Crippen LogP contribution in [0.15, 0.2) is 24.3 Å². The number of hydrogen-bond donors (Lipinski definition) is 3. The van der Waals surface area contributed by atoms with E-state index in [1.807, 2.05) is 24.3 Å². The van der Waals surface area contributed by atoms with Gasteiger partial charge < -0.3 is 20.4 Å². The highest BCUT2D eigenvalue weighted by atomic mass is 16.4. The summed E-state index contributed by atoms with van der Waals surface area (Å²) < 4.78 is 0. The predicted molar refractivity (Wildman–Crippen MR) is 92.5 cm³/mol. The molecule has 0 aromatic heterocycles. The fourth-order valence-corrected chi connectivity index (χ4v) is 3.43. The third-order valence-electron chi connectivity index (χ3n) is 4.90. The van der Waals surface area contributed by atoms with Crippen LogP contribution in [-0.2, 0) is 27.3 Å². The molecule has 27 heavy (non-hydrogen) atoms. The third kappa shape index (κ3) is 3.63. The van der Waals surface area contributed by atoms with Crippen molar-refractivity contribution in [3.63, 3.8) is 0 Å². The first-order valence-electron chi connectivity index (χ1n) is 8.68. The van der Waals surface area contributed by atoms with Crippen molar-refractivity contribution in [1.82, 2.24) is 15.1 Å². The van der Waals surface area contributed by atoms with E-state index >= 15 is 0 Å². The molecule has 0 aliphatic carbocycles. The normalized spacial score (nSPS) is 20.7. The molecule has 144 valence electrons. The lowest BCUT2D eigenvalue weighted by Gasteiger charge is -2.28. The van der Waals surface area contributed by atoms with E-state index in [1.165, 1.54) is 11.8 Å². The largest absolute Gasteiger partial charge is 0.480 e. The molecule has 2 aliphatic rings. The van der Waals surface area contributed by atoms with Crippen molar-refractivity contribution in [3.8, 4) is 0 Å². The van der Waals surface area contributed by atoms with Crippen molar-refractivity contribution in [2.75, 3.05) is 6.54 Å². The molecule has 0 saturated carbocycles. The molecule has 9 heteroatoms. The summed E-state index contributed by atoms with van der Waals surface area (Å²) in [6.07, 6.45) is -1.07. The zero-order chi connectivity index (χ0) is 19.7. The number of aliphatic hydroxyl groups is 1. The van der Waals surface area contributed by atoms with Crippen LogP contribution in [0.3, 0.4) is 0 Å². The number of urea groups is 1. The van der Waals surface area contributed by atoms with Crippen LogP contribution in [0.25, 0.3) is 0 Å². The Labute approximate surface area is 155 Å². The van der Waals surface area contributed by atoms with Crippen LogP contribution >= 0.6 is 0 Å². The van der Waals surface area contributed by atoms with E-state index in [2.05, 4.69) is 5.32 Å². The van der Waals surface area contributed by atoms with Crippen LogP contribution in [0.1, 0.15) is 24.5 Å². The van der Waals surface area contributed by atoms with Crippen molar-refractivity contribution < 1.29 is 29.4 Å². The van der Waals surface area contributed by atoms with E-state index in [9.17, 15) is 24.3 Å². The maximum absolute atomic E-state index is 12.6. The standard InChI is InChI=1S/C18H21N3O6/c1-10(22)15(17(25)26)19-14(23)6-7-20-16(24)13-8-11-4-2-3-5-12(11)9-21(13)18(20)27/h2-5,10,13,15,22H,6-9H2,1H3,(H,19,23)(H,25,26)/t10-,13-,15+/m0/s1. The van der Waals surface area contributed by atoms with Crippen molar-refractivity contribution in [3.05, 3.63) is 35.4 Å². The molecular weight excluding hydrogens is 354 g/mol. The van der Waals surface area contributed by atoms with Gasteiger partial charge in [0.15, 0.2) is 6.04 Å². The molecule has 0 radical (unpaired) electrons. The lowest BCUT2D eigenvalue weighted by atomic mass is 9.95. The van der Waals surface area contributed by atoms with Gasteiger partial charge in [-0.2, -0.15) is 0 Å². The molecule has 2 aliphatic heterocycles. The average molecular weight is 375 g/mol. The van der Waals surface area contributed by atoms with Crippen LogP contribution in [0.2, 0.25) is 0 Å². The molecule has 1 saturated heterocycles. The Bertz CT molecular complexity index is 750. The van der Waals surface area contributed by atoms with Crippen molar-refractivity contribution in [2.24, 2.45) is 0 Å². The highest BCUT2D eigenvalue weighted by Crippen LogP contribution is 2.29. The van der Waals surface area contributed by atoms with Gasteiger partial charge in [0.25, 0.3) is 5.91 Å². The number of aliphatic hydroxyl groups excluding tert-OH is 1. The van der Waals surface area contributed by atoms with Gasteiger partial charge in [-0.15, -0.1) is 0 Å². The number of carboxylic acid groups (broad SMARTS) is 1. The first-order valence-corrected chi connectivity index (χ1v) is 8.68. The third-order valence-corrected chi connectivity index (χ3v) is 4.90. The van der Waals surface area contributed by atoms with Gasteiger partial charge in [0, 0.05) is 25.9 Å². The van der Waals surface area contributed by atoms with Crippen molar-refractivity contribution >= 4 is 23.8 Å². The molecule has 0 bridgehead atoms. The second-order valence-corrected chi connectivity index (χ2v) is 6.76.